The van der Waals surface area contributed by atoms with E-state index in [2.05, 4.69) is 10.2 Å². The number of benzene rings is 4. The van der Waals surface area contributed by atoms with Crippen molar-refractivity contribution in [2.45, 2.75) is 87.4 Å². The van der Waals surface area contributed by atoms with Crippen molar-refractivity contribution in [1.29, 1.82) is 0 Å². The Morgan fingerprint density at radius 2 is 1.54 bits per heavy atom. The van der Waals surface area contributed by atoms with Gasteiger partial charge < -0.3 is 29.0 Å². The van der Waals surface area contributed by atoms with Crippen molar-refractivity contribution in [3.05, 3.63) is 147 Å². The number of amides is 1. The largest absolute Gasteiger partial charge is 0.489 e. The van der Waals surface area contributed by atoms with E-state index in [1.165, 1.54) is 30.3 Å². The molecule has 4 aromatic carbocycles. The fraction of sp³-hybridized carbons (Fsp3) is 0.404. The second-order valence-electron chi connectivity index (χ2n) is 18.4. The van der Waals surface area contributed by atoms with Crippen LogP contribution in [0.1, 0.15) is 78.5 Å². The molecule has 10 rings (SSSR count). The number of carbonyl (C=O) groups excluding carboxylic acids is 2. The maximum absolute atomic E-state index is 14.3. The molecule has 18 heteroatoms. The fourth-order valence-electron chi connectivity index (χ4n) is 9.46. The van der Waals surface area contributed by atoms with Crippen LogP contribution >= 0.6 is 23.2 Å². The molecule has 1 aliphatic carbocycles. The first-order chi connectivity index (χ1) is 33.8. The lowest BCUT2D eigenvalue weighted by Crippen LogP contribution is -2.52. The molecule has 4 aliphatic heterocycles. The van der Waals surface area contributed by atoms with Crippen LogP contribution in [0.5, 0.6) is 17.2 Å². The number of esters is 1. The molecular formula is C52H55Cl2F2N4O9S+. The Balaban J connectivity index is 0.876. The molecule has 1 aromatic heterocycles. The zero-order valence-electron chi connectivity index (χ0n) is 38.6. The summed E-state index contributed by atoms with van der Waals surface area (Å²) in [5, 5.41) is 3.70. The van der Waals surface area contributed by atoms with Gasteiger partial charge in [0.1, 0.15) is 47.7 Å². The normalized spacial score (nSPS) is 20.9. The second-order valence-corrected chi connectivity index (χ2v) is 21.1. The van der Waals surface area contributed by atoms with Gasteiger partial charge in [-0.05, 0) is 122 Å². The number of piperidine rings is 3. The molecule has 1 saturated carbocycles. The second kappa shape index (κ2) is 21.9. The Kier molecular flexibility index (Phi) is 15.4. The number of hydrogen-bond acceptors (Lipinski definition) is 10. The van der Waals surface area contributed by atoms with Crippen LogP contribution in [-0.2, 0) is 44.4 Å². The average molecular weight is 1020 g/mol. The van der Waals surface area contributed by atoms with Crippen molar-refractivity contribution in [3.63, 3.8) is 0 Å². The first-order valence-corrected chi connectivity index (χ1v) is 25.8. The van der Waals surface area contributed by atoms with E-state index in [0.717, 1.165) is 60.7 Å². The van der Waals surface area contributed by atoms with Crippen molar-refractivity contribution in [2.24, 2.45) is 18.9 Å². The van der Waals surface area contributed by atoms with Crippen molar-refractivity contribution in [3.8, 4) is 17.2 Å². The highest BCUT2D eigenvalue weighted by molar-refractivity contribution is 7.89. The van der Waals surface area contributed by atoms with Crippen LogP contribution in [-0.4, -0.2) is 81.2 Å². The maximum atomic E-state index is 14.3. The molecule has 0 radical (unpaired) electrons. The molecule has 0 spiro atoms. The Labute approximate surface area is 416 Å². The summed E-state index contributed by atoms with van der Waals surface area (Å²) in [6.07, 6.45) is 6.15. The van der Waals surface area contributed by atoms with Gasteiger partial charge in [-0.2, -0.15) is 13.1 Å². The molecule has 370 valence electrons. The van der Waals surface area contributed by atoms with Crippen molar-refractivity contribution in [2.75, 3.05) is 32.8 Å². The van der Waals surface area contributed by atoms with E-state index < -0.39 is 46.9 Å². The highest BCUT2D eigenvalue weighted by Crippen LogP contribution is 2.39. The number of carbonyl (C=O) groups is 2. The lowest BCUT2D eigenvalue weighted by molar-refractivity contribution is -0.671. The van der Waals surface area contributed by atoms with E-state index in [-0.39, 0.29) is 48.5 Å². The zero-order chi connectivity index (χ0) is 48.9. The van der Waals surface area contributed by atoms with Crippen LogP contribution in [0.2, 0.25) is 10.0 Å². The molecule has 5 aromatic rings. The number of ether oxygens (including phenoxy) is 5. The average Bonchev–Trinajstić information content (AvgIpc) is 4.05. The van der Waals surface area contributed by atoms with E-state index in [1.54, 1.807) is 36.1 Å². The van der Waals surface area contributed by atoms with Crippen molar-refractivity contribution >= 4 is 45.3 Å². The molecule has 2 bridgehead atoms. The van der Waals surface area contributed by atoms with Crippen LogP contribution < -0.4 is 24.1 Å². The van der Waals surface area contributed by atoms with E-state index >= 15 is 0 Å². The molecule has 5 aliphatic rings. The number of hydrogen-bond donors (Lipinski definition) is 1. The molecule has 4 saturated heterocycles. The van der Waals surface area contributed by atoms with Gasteiger partial charge in [-0.25, -0.2) is 17.8 Å². The first-order valence-electron chi connectivity index (χ1n) is 23.6. The van der Waals surface area contributed by atoms with Gasteiger partial charge in [0.05, 0.1) is 17.5 Å². The smallest absolute Gasteiger partial charge is 0.408 e. The minimum absolute atomic E-state index is 0.0146. The van der Waals surface area contributed by atoms with Gasteiger partial charge in [0.15, 0.2) is 23.9 Å². The van der Waals surface area contributed by atoms with Crippen LogP contribution in [0.4, 0.5) is 13.6 Å². The quantitative estimate of drug-likeness (QED) is 0.0630. The van der Waals surface area contributed by atoms with Gasteiger partial charge in [-0.1, -0.05) is 83.9 Å². The summed E-state index contributed by atoms with van der Waals surface area (Å²) < 4.78 is 87.3. The van der Waals surface area contributed by atoms with Crippen molar-refractivity contribution in [1.82, 2.24) is 14.5 Å². The number of fused-ring (bicyclic) bond motifs is 3. The number of alkyl halides is 2. The van der Waals surface area contributed by atoms with Gasteiger partial charge in [-0.3, -0.25) is 9.69 Å². The first kappa shape index (κ1) is 49.5. The summed E-state index contributed by atoms with van der Waals surface area (Å²) in [4.78, 5) is 29.9. The van der Waals surface area contributed by atoms with Gasteiger partial charge in [0.2, 0.25) is 10.0 Å². The number of halogens is 4. The van der Waals surface area contributed by atoms with Crippen molar-refractivity contribution < 1.29 is 55.0 Å². The third-order valence-electron chi connectivity index (χ3n) is 13.4. The molecule has 70 heavy (non-hydrogen) atoms. The molecule has 5 heterocycles. The van der Waals surface area contributed by atoms with Crippen LogP contribution in [0.3, 0.4) is 0 Å². The number of aryl methyl sites for hydroxylation is 1. The minimum Gasteiger partial charge on any atom is -0.489 e. The van der Waals surface area contributed by atoms with Gasteiger partial charge in [0, 0.05) is 25.1 Å². The highest BCUT2D eigenvalue weighted by Gasteiger charge is 2.42. The third kappa shape index (κ3) is 12.0. The molecular weight excluding hydrogens is 966 g/mol. The van der Waals surface area contributed by atoms with Crippen LogP contribution in [0, 0.1) is 11.8 Å². The summed E-state index contributed by atoms with van der Waals surface area (Å²) in [6, 6.07) is 26.0. The molecule has 1 N–H and O–H groups in total. The highest BCUT2D eigenvalue weighted by atomic mass is 35.5. The predicted molar refractivity (Wildman–Crippen MR) is 256 cm³/mol. The molecule has 0 unspecified atom stereocenters. The SMILES string of the molecule is C[n+]1cc(Cl)c(C[C@H](OC(=O)[C@@H]2CCCN2S(=O)(=O)c2ccc(COc3cccc([C@@H](NC(=O)O[C@H]4CN5CCC4CC5)c4ccccc4)c3)cc2)c2ccc(OC(F)F)c(OCC3CC3)c2)c(Cl)c1. The number of alkyl carbamates (subject to hydrolysis) is 1. The monoisotopic (exact) mass is 1020 g/mol. The zero-order valence-corrected chi connectivity index (χ0v) is 40.9. The Morgan fingerprint density at radius 3 is 2.23 bits per heavy atom. The number of rotatable bonds is 19. The molecule has 5 fully saturated rings. The third-order valence-corrected chi connectivity index (χ3v) is 16.0. The van der Waals surface area contributed by atoms with E-state index in [4.69, 9.17) is 46.9 Å². The number of nitrogens with one attached hydrogen (secondary N) is 1. The maximum Gasteiger partial charge on any atom is 0.408 e. The summed E-state index contributed by atoms with van der Waals surface area (Å²) in [5.41, 5.74) is 3.21. The summed E-state index contributed by atoms with van der Waals surface area (Å²) in [5.74, 6) is 0.297. The number of nitrogens with zero attached hydrogens (tertiary/aromatic N) is 3. The number of aromatic nitrogens is 1. The van der Waals surface area contributed by atoms with Crippen LogP contribution in [0.15, 0.2) is 114 Å². The lowest BCUT2D eigenvalue weighted by Gasteiger charge is -2.43. The van der Waals surface area contributed by atoms with Gasteiger partial charge in [0.25, 0.3) is 0 Å². The summed E-state index contributed by atoms with van der Waals surface area (Å²) in [7, 11) is -2.45. The topological polar surface area (TPSA) is 137 Å². The molecule has 1 amide bonds. The Bertz CT molecular complexity index is 2740. The summed E-state index contributed by atoms with van der Waals surface area (Å²) in [6.45, 7) is 0.227. The Hall–Kier alpha value is -5.52. The predicted octanol–water partition coefficient (Wildman–Crippen LogP) is 9.38. The lowest BCUT2D eigenvalue weighted by atomic mass is 9.86. The standard InChI is InChI=1S/C52H54Cl2F2N4O9S/c1-58-28-42(53)41(43(54)29-58)27-46(37-16-19-45(68-51(55)56)47(26-37)66-32-33-12-13-33)67-50(61)44-11-6-22-60(44)70(63,64)40-17-14-34(15-18-40)31-65-39-10-5-9-38(25-39)49(36-7-3-2-4-8-36)57-52(62)69-48-30-59-23-20-35(48)21-24-59/h2-5,7-10,14-19,25-26,28-29,33,35,44,46,48-49,51H,6,11-13,20-24,27,30-32H2,1H3/p+1/t44-,46-,48-,49-/m0/s1. The van der Waals surface area contributed by atoms with Crippen LogP contribution in [0.25, 0.3) is 0 Å². The molecule has 4 atom stereocenters. The Morgan fingerprint density at radius 1 is 0.814 bits per heavy atom. The van der Waals surface area contributed by atoms with E-state index in [0.29, 0.717) is 57.3 Å². The van der Waals surface area contributed by atoms with Gasteiger partial charge in [-0.15, -0.1) is 0 Å². The minimum atomic E-state index is -4.20. The fourth-order valence-corrected chi connectivity index (χ4v) is 11.8. The summed E-state index contributed by atoms with van der Waals surface area (Å²) >= 11 is 13.3. The number of pyridine rings is 1. The molecule has 13 nitrogen and oxygen atoms in total. The number of sulfonamides is 1. The van der Waals surface area contributed by atoms with Gasteiger partial charge >= 0.3 is 18.7 Å². The van der Waals surface area contributed by atoms with E-state index in [1.807, 2.05) is 54.6 Å². The van der Waals surface area contributed by atoms with E-state index in [9.17, 15) is 26.8 Å².